The van der Waals surface area contributed by atoms with Gasteiger partial charge in [0.2, 0.25) is 5.91 Å². The number of carbonyl (C=O) groups excluding carboxylic acids is 2. The number of nitrogens with two attached hydrogens (primary N) is 1. The van der Waals surface area contributed by atoms with E-state index in [2.05, 4.69) is 5.32 Å². The average molecular weight is 403 g/mol. The van der Waals surface area contributed by atoms with Crippen molar-refractivity contribution in [2.24, 2.45) is 11.7 Å². The molecule has 0 saturated heterocycles. The monoisotopic (exact) mass is 402 g/mol. The first kappa shape index (κ1) is 21.9. The van der Waals surface area contributed by atoms with Crippen molar-refractivity contribution in [3.63, 3.8) is 0 Å². The van der Waals surface area contributed by atoms with Crippen LogP contribution in [0.4, 0.5) is 0 Å². The first-order valence-electron chi connectivity index (χ1n) is 9.34. The number of benzene rings is 2. The van der Waals surface area contributed by atoms with Gasteiger partial charge in [0.1, 0.15) is 11.8 Å². The summed E-state index contributed by atoms with van der Waals surface area (Å²) in [6.45, 7) is 5.79. The fourth-order valence-electron chi connectivity index (χ4n) is 2.84. The van der Waals surface area contributed by atoms with Gasteiger partial charge in [-0.15, -0.1) is 0 Å². The SMILES string of the molecule is Cc1cc(Cl)ccc1OC(=O)[C@H](Cc1ccccc1)NC(=O)[C@@H](N)CC(C)C. The second-order valence-electron chi connectivity index (χ2n) is 7.32. The zero-order valence-electron chi connectivity index (χ0n) is 16.4. The molecule has 0 aliphatic heterocycles. The van der Waals surface area contributed by atoms with Gasteiger partial charge in [-0.05, 0) is 48.6 Å². The van der Waals surface area contributed by atoms with Gasteiger partial charge in [0.05, 0.1) is 6.04 Å². The molecule has 150 valence electrons. The molecule has 0 heterocycles. The molecule has 0 aliphatic rings. The predicted octanol–water partition coefficient (Wildman–Crippen LogP) is 3.65. The van der Waals surface area contributed by atoms with Crippen LogP contribution in [0.2, 0.25) is 5.02 Å². The van der Waals surface area contributed by atoms with Gasteiger partial charge in [-0.2, -0.15) is 0 Å². The molecule has 2 atom stereocenters. The minimum Gasteiger partial charge on any atom is -0.425 e. The third-order valence-corrected chi connectivity index (χ3v) is 4.53. The van der Waals surface area contributed by atoms with E-state index < -0.39 is 18.1 Å². The van der Waals surface area contributed by atoms with Crippen molar-refractivity contribution in [2.75, 3.05) is 0 Å². The van der Waals surface area contributed by atoms with E-state index in [1.54, 1.807) is 25.1 Å². The van der Waals surface area contributed by atoms with E-state index in [1.165, 1.54) is 0 Å². The Balaban J connectivity index is 2.16. The second kappa shape index (κ2) is 10.2. The molecule has 5 nitrogen and oxygen atoms in total. The molecule has 2 aromatic rings. The van der Waals surface area contributed by atoms with Crippen LogP contribution in [0.5, 0.6) is 5.75 Å². The molecule has 2 rings (SSSR count). The summed E-state index contributed by atoms with van der Waals surface area (Å²) < 4.78 is 5.54. The summed E-state index contributed by atoms with van der Waals surface area (Å²) in [6.07, 6.45) is 0.849. The van der Waals surface area contributed by atoms with Crippen molar-refractivity contribution < 1.29 is 14.3 Å². The number of carbonyl (C=O) groups is 2. The van der Waals surface area contributed by atoms with Gasteiger partial charge in [-0.25, -0.2) is 4.79 Å². The van der Waals surface area contributed by atoms with E-state index in [-0.39, 0.29) is 11.8 Å². The highest BCUT2D eigenvalue weighted by molar-refractivity contribution is 6.30. The van der Waals surface area contributed by atoms with Gasteiger partial charge < -0.3 is 15.8 Å². The van der Waals surface area contributed by atoms with Crippen LogP contribution >= 0.6 is 11.6 Å². The van der Waals surface area contributed by atoms with Gasteiger partial charge in [0, 0.05) is 11.4 Å². The number of halogens is 1. The van der Waals surface area contributed by atoms with E-state index in [9.17, 15) is 9.59 Å². The van der Waals surface area contributed by atoms with Crippen molar-refractivity contribution >= 4 is 23.5 Å². The van der Waals surface area contributed by atoms with Crippen molar-refractivity contribution in [3.05, 3.63) is 64.7 Å². The zero-order chi connectivity index (χ0) is 20.7. The van der Waals surface area contributed by atoms with Crippen molar-refractivity contribution in [2.45, 2.75) is 45.7 Å². The molecule has 1 amide bonds. The summed E-state index contributed by atoms with van der Waals surface area (Å²) in [5, 5.41) is 3.32. The van der Waals surface area contributed by atoms with Gasteiger partial charge in [-0.1, -0.05) is 55.8 Å². The van der Waals surface area contributed by atoms with Gasteiger partial charge in [-0.3, -0.25) is 4.79 Å². The lowest BCUT2D eigenvalue weighted by molar-refractivity contribution is -0.139. The van der Waals surface area contributed by atoms with E-state index in [0.29, 0.717) is 23.6 Å². The molecule has 0 fully saturated rings. The lowest BCUT2D eigenvalue weighted by Crippen LogP contribution is -2.50. The van der Waals surface area contributed by atoms with E-state index >= 15 is 0 Å². The molecule has 0 spiro atoms. The van der Waals surface area contributed by atoms with Crippen LogP contribution in [0.25, 0.3) is 0 Å². The molecule has 2 aromatic carbocycles. The summed E-state index contributed by atoms with van der Waals surface area (Å²) in [5.74, 6) is -0.219. The van der Waals surface area contributed by atoms with E-state index in [1.807, 2.05) is 44.2 Å². The van der Waals surface area contributed by atoms with E-state index in [4.69, 9.17) is 22.1 Å². The van der Waals surface area contributed by atoms with Crippen molar-refractivity contribution in [3.8, 4) is 5.75 Å². The molecule has 6 heteroatoms. The summed E-state index contributed by atoms with van der Waals surface area (Å²) in [6, 6.07) is 12.9. The predicted molar refractivity (Wildman–Crippen MR) is 111 cm³/mol. The molecule has 0 radical (unpaired) electrons. The number of aryl methyl sites for hydroxylation is 1. The van der Waals surface area contributed by atoms with Crippen LogP contribution in [0, 0.1) is 12.8 Å². The Bertz CT molecular complexity index is 809. The summed E-state index contributed by atoms with van der Waals surface area (Å²) in [5.41, 5.74) is 7.62. The molecule has 28 heavy (non-hydrogen) atoms. The zero-order valence-corrected chi connectivity index (χ0v) is 17.2. The maximum atomic E-state index is 12.8. The van der Waals surface area contributed by atoms with Crippen molar-refractivity contribution in [1.29, 1.82) is 0 Å². The molecule has 3 N–H and O–H groups in total. The molecule has 0 aliphatic carbocycles. The summed E-state index contributed by atoms with van der Waals surface area (Å²) in [4.78, 5) is 25.3. The Hall–Kier alpha value is -2.37. The maximum absolute atomic E-state index is 12.8. The highest BCUT2D eigenvalue weighted by Gasteiger charge is 2.26. The Morgan fingerprint density at radius 1 is 1.14 bits per heavy atom. The topological polar surface area (TPSA) is 81.4 Å². The summed E-state index contributed by atoms with van der Waals surface area (Å²) in [7, 11) is 0. The molecule has 0 saturated carbocycles. The number of nitrogens with one attached hydrogen (secondary N) is 1. The highest BCUT2D eigenvalue weighted by atomic mass is 35.5. The lowest BCUT2D eigenvalue weighted by Gasteiger charge is -2.21. The van der Waals surface area contributed by atoms with Crippen LogP contribution in [-0.4, -0.2) is 24.0 Å². The fraction of sp³-hybridized carbons (Fsp3) is 0.364. The largest absolute Gasteiger partial charge is 0.425 e. The quantitative estimate of drug-likeness (QED) is 0.521. The normalized spacial score (nSPS) is 13.1. The summed E-state index contributed by atoms with van der Waals surface area (Å²) >= 11 is 5.96. The Morgan fingerprint density at radius 2 is 1.82 bits per heavy atom. The van der Waals surface area contributed by atoms with Crippen molar-refractivity contribution in [1.82, 2.24) is 5.32 Å². The van der Waals surface area contributed by atoms with Gasteiger partial charge >= 0.3 is 5.97 Å². The van der Waals surface area contributed by atoms with Crippen LogP contribution < -0.4 is 15.8 Å². The lowest BCUT2D eigenvalue weighted by atomic mass is 10.0. The average Bonchev–Trinajstić information content (AvgIpc) is 2.63. The molecular weight excluding hydrogens is 376 g/mol. The van der Waals surface area contributed by atoms with Gasteiger partial charge in [0.15, 0.2) is 0 Å². The smallest absolute Gasteiger partial charge is 0.334 e. The van der Waals surface area contributed by atoms with Crippen LogP contribution in [0.1, 0.15) is 31.4 Å². The number of hydrogen-bond donors (Lipinski definition) is 2. The Morgan fingerprint density at radius 3 is 2.43 bits per heavy atom. The Labute approximate surface area is 171 Å². The third kappa shape index (κ3) is 6.66. The number of ether oxygens (including phenoxy) is 1. The standard InChI is InChI=1S/C22H27ClN2O3/c1-14(2)11-18(24)21(26)25-19(13-16-7-5-4-6-8-16)22(27)28-20-10-9-17(23)12-15(20)3/h4-10,12,14,18-19H,11,13,24H2,1-3H3,(H,25,26)/t18-,19-/m0/s1. The number of hydrogen-bond acceptors (Lipinski definition) is 4. The number of amides is 1. The molecule has 0 unspecified atom stereocenters. The fourth-order valence-corrected chi connectivity index (χ4v) is 3.07. The Kier molecular flexibility index (Phi) is 8.03. The highest BCUT2D eigenvalue weighted by Crippen LogP contribution is 2.22. The van der Waals surface area contributed by atoms with E-state index in [0.717, 1.165) is 11.1 Å². The molecular formula is C22H27ClN2O3. The second-order valence-corrected chi connectivity index (χ2v) is 7.75. The number of rotatable bonds is 8. The molecule has 0 aromatic heterocycles. The number of esters is 1. The first-order valence-corrected chi connectivity index (χ1v) is 9.71. The van der Waals surface area contributed by atoms with Crippen LogP contribution in [0.3, 0.4) is 0 Å². The minimum absolute atomic E-state index is 0.275. The van der Waals surface area contributed by atoms with Crippen LogP contribution in [-0.2, 0) is 16.0 Å². The molecule has 0 bridgehead atoms. The van der Waals surface area contributed by atoms with Crippen LogP contribution in [0.15, 0.2) is 48.5 Å². The minimum atomic E-state index is -0.844. The third-order valence-electron chi connectivity index (χ3n) is 4.29. The first-order chi connectivity index (χ1) is 13.3. The van der Waals surface area contributed by atoms with Gasteiger partial charge in [0.25, 0.3) is 0 Å². The maximum Gasteiger partial charge on any atom is 0.334 e.